The van der Waals surface area contributed by atoms with E-state index >= 15 is 0 Å². The molecule has 7 heteroatoms. The van der Waals surface area contributed by atoms with E-state index in [9.17, 15) is 13.2 Å². The van der Waals surface area contributed by atoms with Crippen molar-refractivity contribution in [3.63, 3.8) is 0 Å². The number of hydrogen-bond donors (Lipinski definition) is 0. The largest absolute Gasteiger partial charge is 0.375 e. The lowest BCUT2D eigenvalue weighted by atomic mass is 9.82. The minimum Gasteiger partial charge on any atom is -0.375 e. The fourth-order valence-electron chi connectivity index (χ4n) is 5.07. The van der Waals surface area contributed by atoms with Gasteiger partial charge in [-0.1, -0.05) is 29.8 Å². The van der Waals surface area contributed by atoms with Crippen LogP contribution in [-0.4, -0.2) is 66.7 Å². The summed E-state index contributed by atoms with van der Waals surface area (Å²) in [5.41, 5.74) is 1.93. The summed E-state index contributed by atoms with van der Waals surface area (Å²) in [4.78, 5) is 14.7. The maximum absolute atomic E-state index is 12.8. The minimum absolute atomic E-state index is 0.0331. The highest BCUT2D eigenvalue weighted by atomic mass is 32.2. The highest BCUT2D eigenvalue weighted by Crippen LogP contribution is 2.41. The number of benzene rings is 1. The van der Waals surface area contributed by atoms with Crippen molar-refractivity contribution in [2.75, 3.05) is 25.4 Å². The monoisotopic (exact) mass is 434 g/mol. The number of rotatable bonds is 6. The van der Waals surface area contributed by atoms with Crippen molar-refractivity contribution in [2.24, 2.45) is 0 Å². The molecule has 0 radical (unpaired) electrons. The summed E-state index contributed by atoms with van der Waals surface area (Å²) in [5, 5.41) is 0. The van der Waals surface area contributed by atoms with Crippen LogP contribution in [0.25, 0.3) is 0 Å². The van der Waals surface area contributed by atoms with Gasteiger partial charge in [-0.2, -0.15) is 4.31 Å². The van der Waals surface area contributed by atoms with Crippen LogP contribution in [0.2, 0.25) is 0 Å². The molecular formula is C23H34N2O4S. The number of nitrogens with zero attached hydrogens (tertiary/aromatic N) is 2. The van der Waals surface area contributed by atoms with Crippen LogP contribution in [0.1, 0.15) is 56.6 Å². The summed E-state index contributed by atoms with van der Waals surface area (Å²) in [6.45, 7) is 5.74. The summed E-state index contributed by atoms with van der Waals surface area (Å²) in [5.74, 6) is 0.325. The predicted molar refractivity (Wildman–Crippen MR) is 117 cm³/mol. The van der Waals surface area contributed by atoms with E-state index in [2.05, 4.69) is 6.07 Å². The molecule has 2 saturated heterocycles. The fourth-order valence-corrected chi connectivity index (χ4v) is 6.67. The van der Waals surface area contributed by atoms with E-state index in [1.165, 1.54) is 5.56 Å². The SMILES string of the molecule is CCS(=O)(=O)N(C1CC1)C1CCOC2(CCN(C(=O)Cc3cccc(C)c3)CC2)C1. The molecule has 0 bridgehead atoms. The molecule has 2 heterocycles. The molecule has 0 aromatic heterocycles. The molecule has 6 nitrogen and oxygen atoms in total. The lowest BCUT2D eigenvalue weighted by Crippen LogP contribution is -2.56. The molecule has 1 unspecified atom stereocenters. The van der Waals surface area contributed by atoms with Gasteiger partial charge in [0.25, 0.3) is 0 Å². The van der Waals surface area contributed by atoms with Gasteiger partial charge in [0.1, 0.15) is 0 Å². The molecule has 1 aliphatic carbocycles. The van der Waals surface area contributed by atoms with Crippen LogP contribution in [-0.2, 0) is 26.0 Å². The van der Waals surface area contributed by atoms with Gasteiger partial charge in [-0.15, -0.1) is 0 Å². The first-order valence-corrected chi connectivity index (χ1v) is 12.9. The highest BCUT2D eigenvalue weighted by Gasteiger charge is 2.48. The molecule has 30 heavy (non-hydrogen) atoms. The van der Waals surface area contributed by atoms with Gasteiger partial charge in [-0.3, -0.25) is 4.79 Å². The Morgan fingerprint density at radius 1 is 1.20 bits per heavy atom. The third-order valence-electron chi connectivity index (χ3n) is 6.88. The van der Waals surface area contributed by atoms with Gasteiger partial charge >= 0.3 is 0 Å². The third kappa shape index (κ3) is 4.73. The second-order valence-corrected chi connectivity index (χ2v) is 11.3. The zero-order valence-corrected chi connectivity index (χ0v) is 19.0. The van der Waals surface area contributed by atoms with Gasteiger partial charge in [-0.05, 0) is 57.9 Å². The van der Waals surface area contributed by atoms with Gasteiger partial charge in [0.05, 0.1) is 17.8 Å². The molecule has 1 saturated carbocycles. The van der Waals surface area contributed by atoms with Crippen molar-refractivity contribution in [3.8, 4) is 0 Å². The molecule has 4 rings (SSSR count). The molecule has 3 fully saturated rings. The Kier molecular flexibility index (Phi) is 6.24. The Balaban J connectivity index is 1.38. The van der Waals surface area contributed by atoms with Crippen molar-refractivity contribution in [1.29, 1.82) is 0 Å². The zero-order chi connectivity index (χ0) is 21.4. The molecule has 166 valence electrons. The third-order valence-corrected chi connectivity index (χ3v) is 8.85. The summed E-state index contributed by atoms with van der Waals surface area (Å²) in [7, 11) is -3.20. The molecule has 3 aliphatic rings. The summed E-state index contributed by atoms with van der Waals surface area (Å²) in [6.07, 6.45) is 5.48. The molecule has 2 aliphatic heterocycles. The van der Waals surface area contributed by atoms with E-state index in [0.717, 1.165) is 44.1 Å². The molecular weight excluding hydrogens is 400 g/mol. The zero-order valence-electron chi connectivity index (χ0n) is 18.2. The first-order valence-electron chi connectivity index (χ1n) is 11.3. The lowest BCUT2D eigenvalue weighted by Gasteiger charge is -2.48. The van der Waals surface area contributed by atoms with Crippen LogP contribution >= 0.6 is 0 Å². The Morgan fingerprint density at radius 2 is 1.93 bits per heavy atom. The van der Waals surface area contributed by atoms with Gasteiger partial charge < -0.3 is 9.64 Å². The number of amides is 1. The molecule has 0 N–H and O–H groups in total. The Morgan fingerprint density at radius 3 is 2.57 bits per heavy atom. The maximum atomic E-state index is 12.8. The first kappa shape index (κ1) is 21.8. The van der Waals surface area contributed by atoms with E-state index in [-0.39, 0.29) is 29.3 Å². The standard InChI is InChI=1S/C23H34N2O4S/c1-3-30(27,28)25(20-7-8-20)21-9-14-29-23(17-21)10-12-24(13-11-23)22(26)16-19-6-4-5-18(2)15-19/h4-6,15,20-21H,3,7-14,16-17H2,1-2H3. The van der Waals surface area contributed by atoms with Crippen molar-refractivity contribution >= 4 is 15.9 Å². The Hall–Kier alpha value is -1.44. The normalized spacial score (nSPS) is 24.4. The number of ether oxygens (including phenoxy) is 1. The lowest BCUT2D eigenvalue weighted by molar-refractivity contribution is -0.146. The molecule has 1 aromatic rings. The minimum atomic E-state index is -3.20. The van der Waals surface area contributed by atoms with Gasteiger partial charge in [0.2, 0.25) is 15.9 Å². The maximum Gasteiger partial charge on any atom is 0.226 e. The number of piperidine rings is 1. The number of carbonyl (C=O) groups is 1. The Labute approximate surface area is 180 Å². The van der Waals surface area contributed by atoms with Crippen molar-refractivity contribution in [1.82, 2.24) is 9.21 Å². The second kappa shape index (κ2) is 8.60. The van der Waals surface area contributed by atoms with Gasteiger partial charge in [-0.25, -0.2) is 8.42 Å². The number of likely N-dealkylation sites (tertiary alicyclic amines) is 1. The van der Waals surface area contributed by atoms with Gasteiger partial charge in [0, 0.05) is 31.8 Å². The second-order valence-electron chi connectivity index (χ2n) is 9.19. The summed E-state index contributed by atoms with van der Waals surface area (Å²) >= 11 is 0. The van der Waals surface area contributed by atoms with Crippen molar-refractivity contribution < 1.29 is 17.9 Å². The molecule has 1 amide bonds. The Bertz CT molecular complexity index is 873. The van der Waals surface area contributed by atoms with Crippen LogP contribution in [0, 0.1) is 6.92 Å². The molecule has 1 aromatic carbocycles. The number of aryl methyl sites for hydroxylation is 1. The predicted octanol–water partition coefficient (Wildman–Crippen LogP) is 2.89. The smallest absolute Gasteiger partial charge is 0.226 e. The number of sulfonamides is 1. The van der Waals surface area contributed by atoms with Crippen LogP contribution in [0.4, 0.5) is 0 Å². The van der Waals surface area contributed by atoms with Crippen LogP contribution in [0.15, 0.2) is 24.3 Å². The highest BCUT2D eigenvalue weighted by molar-refractivity contribution is 7.89. The average molecular weight is 435 g/mol. The summed E-state index contributed by atoms with van der Waals surface area (Å²) < 4.78 is 33.5. The molecule has 1 atom stereocenters. The van der Waals surface area contributed by atoms with Crippen LogP contribution in [0.5, 0.6) is 0 Å². The van der Waals surface area contributed by atoms with E-state index in [1.54, 1.807) is 6.92 Å². The van der Waals surface area contributed by atoms with E-state index in [1.807, 2.05) is 34.3 Å². The molecule has 1 spiro atoms. The fraction of sp³-hybridized carbons (Fsp3) is 0.696. The first-order chi connectivity index (χ1) is 14.3. The van der Waals surface area contributed by atoms with Crippen LogP contribution in [0.3, 0.4) is 0 Å². The number of carbonyl (C=O) groups excluding carboxylic acids is 1. The number of hydrogen-bond acceptors (Lipinski definition) is 4. The van der Waals surface area contributed by atoms with E-state index in [0.29, 0.717) is 26.1 Å². The van der Waals surface area contributed by atoms with Crippen LogP contribution < -0.4 is 0 Å². The van der Waals surface area contributed by atoms with Crippen molar-refractivity contribution in [3.05, 3.63) is 35.4 Å². The van der Waals surface area contributed by atoms with E-state index < -0.39 is 10.0 Å². The van der Waals surface area contributed by atoms with Gasteiger partial charge in [0.15, 0.2) is 0 Å². The average Bonchev–Trinajstić information content (AvgIpc) is 3.53. The topological polar surface area (TPSA) is 66.9 Å². The van der Waals surface area contributed by atoms with E-state index in [4.69, 9.17) is 4.74 Å². The quantitative estimate of drug-likeness (QED) is 0.691. The van der Waals surface area contributed by atoms with Crippen molar-refractivity contribution in [2.45, 2.75) is 76.5 Å². The summed E-state index contributed by atoms with van der Waals surface area (Å²) in [6, 6.07) is 8.33.